The lowest BCUT2D eigenvalue weighted by molar-refractivity contribution is 0.0691. The molecular weight excluding hydrogens is 262 g/mol. The third-order valence-electron chi connectivity index (χ3n) is 2.56. The number of thiazole rings is 1. The van der Waals surface area contributed by atoms with Crippen LogP contribution < -0.4 is 4.74 Å². The summed E-state index contributed by atoms with van der Waals surface area (Å²) in [6.45, 7) is 2.41. The highest BCUT2D eigenvalue weighted by molar-refractivity contribution is 7.09. The first-order valence-electron chi connectivity index (χ1n) is 6.09. The van der Waals surface area contributed by atoms with Crippen molar-refractivity contribution in [2.24, 2.45) is 0 Å². The molecule has 1 heterocycles. The number of carboxylic acids is 1. The Morgan fingerprint density at radius 3 is 2.95 bits per heavy atom. The van der Waals surface area contributed by atoms with Crippen molar-refractivity contribution >= 4 is 17.3 Å². The lowest BCUT2D eigenvalue weighted by atomic mass is 10.2. The third-order valence-corrected chi connectivity index (χ3v) is 3.51. The molecule has 0 spiro atoms. The lowest BCUT2D eigenvalue weighted by Gasteiger charge is -2.07. The van der Waals surface area contributed by atoms with E-state index in [-0.39, 0.29) is 5.56 Å². The number of hydrogen-bond acceptors (Lipinski definition) is 4. The number of benzene rings is 1. The van der Waals surface area contributed by atoms with Crippen molar-refractivity contribution in [1.82, 2.24) is 4.98 Å². The molecule has 1 aromatic carbocycles. The van der Waals surface area contributed by atoms with Crippen LogP contribution in [-0.2, 0) is 13.0 Å². The average molecular weight is 277 g/mol. The normalized spacial score (nSPS) is 10.4. The Balaban J connectivity index is 2.03. The molecule has 0 saturated carbocycles. The summed E-state index contributed by atoms with van der Waals surface area (Å²) in [7, 11) is 0. The molecule has 1 N–H and O–H groups in total. The Kier molecular flexibility index (Phi) is 4.52. The van der Waals surface area contributed by atoms with Gasteiger partial charge in [-0.2, -0.15) is 0 Å². The molecule has 0 unspecified atom stereocenters. The number of ether oxygens (including phenoxy) is 1. The Hall–Kier alpha value is -1.88. The number of hydrogen-bond donors (Lipinski definition) is 1. The van der Waals surface area contributed by atoms with E-state index in [2.05, 4.69) is 11.9 Å². The number of carbonyl (C=O) groups is 1. The van der Waals surface area contributed by atoms with Crippen molar-refractivity contribution in [2.75, 3.05) is 0 Å². The van der Waals surface area contributed by atoms with E-state index >= 15 is 0 Å². The molecule has 100 valence electrons. The van der Waals surface area contributed by atoms with Gasteiger partial charge in [0.2, 0.25) is 0 Å². The fourth-order valence-corrected chi connectivity index (χ4v) is 2.55. The summed E-state index contributed by atoms with van der Waals surface area (Å²) in [5.74, 6) is -0.611. The minimum Gasteiger partial charge on any atom is -0.486 e. The molecule has 0 radical (unpaired) electrons. The van der Waals surface area contributed by atoms with E-state index in [1.165, 1.54) is 6.07 Å². The molecule has 0 aliphatic heterocycles. The number of aryl methyl sites for hydroxylation is 1. The van der Waals surface area contributed by atoms with E-state index in [0.29, 0.717) is 12.4 Å². The molecule has 0 saturated heterocycles. The monoisotopic (exact) mass is 277 g/mol. The van der Waals surface area contributed by atoms with Crippen LogP contribution in [0.15, 0.2) is 29.6 Å². The van der Waals surface area contributed by atoms with Crippen LogP contribution >= 0.6 is 11.3 Å². The van der Waals surface area contributed by atoms with Crippen LogP contribution in [0.4, 0.5) is 0 Å². The highest BCUT2D eigenvalue weighted by atomic mass is 32.1. The maximum Gasteiger partial charge on any atom is 0.339 e. The van der Waals surface area contributed by atoms with Crippen LogP contribution in [0.1, 0.15) is 34.4 Å². The van der Waals surface area contributed by atoms with E-state index in [0.717, 1.165) is 23.5 Å². The number of para-hydroxylation sites is 1. The van der Waals surface area contributed by atoms with Crippen molar-refractivity contribution in [1.29, 1.82) is 0 Å². The minimum absolute atomic E-state index is 0.173. The van der Waals surface area contributed by atoms with E-state index < -0.39 is 5.97 Å². The highest BCUT2D eigenvalue weighted by Gasteiger charge is 2.10. The fourth-order valence-electron chi connectivity index (χ4n) is 1.66. The van der Waals surface area contributed by atoms with Gasteiger partial charge in [0.15, 0.2) is 0 Å². The Labute approximate surface area is 115 Å². The van der Waals surface area contributed by atoms with Crippen molar-refractivity contribution in [2.45, 2.75) is 26.4 Å². The average Bonchev–Trinajstić information content (AvgIpc) is 2.85. The molecule has 0 atom stereocenters. The van der Waals surface area contributed by atoms with Crippen LogP contribution in [0.2, 0.25) is 0 Å². The molecular formula is C14H15NO3S. The van der Waals surface area contributed by atoms with Gasteiger partial charge in [0.25, 0.3) is 0 Å². The van der Waals surface area contributed by atoms with Crippen LogP contribution in [0, 0.1) is 0 Å². The summed E-state index contributed by atoms with van der Waals surface area (Å²) in [5, 5.41) is 12.1. The molecule has 19 heavy (non-hydrogen) atoms. The summed E-state index contributed by atoms with van der Waals surface area (Å²) in [6.07, 6.45) is 2.03. The quantitative estimate of drug-likeness (QED) is 0.879. The lowest BCUT2D eigenvalue weighted by Crippen LogP contribution is -2.03. The second kappa shape index (κ2) is 6.33. The minimum atomic E-state index is -0.986. The topological polar surface area (TPSA) is 59.4 Å². The standard InChI is InChI=1S/C14H15NO3S/c1-2-5-13-15-10(9-19-13)8-18-12-7-4-3-6-11(12)14(16)17/h3-4,6-7,9H,2,5,8H2,1H3,(H,16,17). The van der Waals surface area contributed by atoms with Gasteiger partial charge >= 0.3 is 5.97 Å². The van der Waals surface area contributed by atoms with E-state index in [1.54, 1.807) is 29.5 Å². The predicted molar refractivity (Wildman–Crippen MR) is 73.8 cm³/mol. The molecule has 0 amide bonds. The van der Waals surface area contributed by atoms with Gasteiger partial charge in [0, 0.05) is 5.38 Å². The fraction of sp³-hybridized carbons (Fsp3) is 0.286. The van der Waals surface area contributed by atoms with Crippen LogP contribution in [0.5, 0.6) is 5.75 Å². The van der Waals surface area contributed by atoms with Gasteiger partial charge in [0.1, 0.15) is 17.9 Å². The van der Waals surface area contributed by atoms with Crippen molar-refractivity contribution in [3.05, 3.63) is 45.9 Å². The Bertz CT molecular complexity index is 565. The highest BCUT2D eigenvalue weighted by Crippen LogP contribution is 2.20. The van der Waals surface area contributed by atoms with Crippen molar-refractivity contribution in [3.63, 3.8) is 0 Å². The molecule has 0 bridgehead atoms. The molecule has 0 aliphatic carbocycles. The number of aromatic nitrogens is 1. The summed E-state index contributed by atoms with van der Waals surface area (Å²) in [4.78, 5) is 15.5. The van der Waals surface area contributed by atoms with E-state index in [9.17, 15) is 4.79 Å². The van der Waals surface area contributed by atoms with Gasteiger partial charge in [0.05, 0.1) is 10.7 Å². The molecule has 0 aliphatic rings. The number of rotatable bonds is 6. The summed E-state index contributed by atoms with van der Waals surface area (Å²) < 4.78 is 5.54. The van der Waals surface area contributed by atoms with Gasteiger partial charge in [-0.1, -0.05) is 19.1 Å². The van der Waals surface area contributed by atoms with Gasteiger partial charge < -0.3 is 9.84 Å². The molecule has 0 fully saturated rings. The van der Waals surface area contributed by atoms with Gasteiger partial charge in [-0.25, -0.2) is 9.78 Å². The van der Waals surface area contributed by atoms with Crippen molar-refractivity contribution < 1.29 is 14.6 Å². The molecule has 2 rings (SSSR count). The summed E-state index contributed by atoms with van der Waals surface area (Å²) in [6, 6.07) is 6.62. The zero-order valence-corrected chi connectivity index (χ0v) is 11.4. The van der Waals surface area contributed by atoms with Crippen molar-refractivity contribution in [3.8, 4) is 5.75 Å². The number of carboxylic acid groups (broad SMARTS) is 1. The van der Waals surface area contributed by atoms with Crippen LogP contribution in [0.25, 0.3) is 0 Å². The zero-order valence-electron chi connectivity index (χ0n) is 10.6. The second-order valence-electron chi connectivity index (χ2n) is 4.07. The first-order chi connectivity index (χ1) is 9.20. The molecule has 5 heteroatoms. The van der Waals surface area contributed by atoms with Crippen LogP contribution in [-0.4, -0.2) is 16.1 Å². The van der Waals surface area contributed by atoms with Gasteiger partial charge in [-0.05, 0) is 25.0 Å². The predicted octanol–water partition coefficient (Wildman–Crippen LogP) is 3.37. The largest absolute Gasteiger partial charge is 0.486 e. The maximum atomic E-state index is 11.0. The Morgan fingerprint density at radius 1 is 1.42 bits per heavy atom. The zero-order chi connectivity index (χ0) is 13.7. The SMILES string of the molecule is CCCc1nc(COc2ccccc2C(=O)O)cs1. The van der Waals surface area contributed by atoms with Crippen LogP contribution in [0.3, 0.4) is 0 Å². The smallest absolute Gasteiger partial charge is 0.339 e. The third kappa shape index (κ3) is 3.54. The van der Waals surface area contributed by atoms with E-state index in [1.807, 2.05) is 5.38 Å². The molecule has 4 nitrogen and oxygen atoms in total. The number of aromatic carboxylic acids is 1. The first-order valence-corrected chi connectivity index (χ1v) is 6.97. The number of nitrogens with zero attached hydrogens (tertiary/aromatic N) is 1. The first kappa shape index (κ1) is 13.5. The van der Waals surface area contributed by atoms with Gasteiger partial charge in [-0.15, -0.1) is 11.3 Å². The Morgan fingerprint density at radius 2 is 2.21 bits per heavy atom. The summed E-state index contributed by atoms with van der Waals surface area (Å²) >= 11 is 1.61. The summed E-state index contributed by atoms with van der Waals surface area (Å²) in [5.41, 5.74) is 1.01. The maximum absolute atomic E-state index is 11.0. The molecule has 2 aromatic rings. The second-order valence-corrected chi connectivity index (χ2v) is 5.02. The van der Waals surface area contributed by atoms with Gasteiger partial charge in [-0.3, -0.25) is 0 Å². The molecule has 1 aromatic heterocycles. The van der Waals surface area contributed by atoms with E-state index in [4.69, 9.17) is 9.84 Å².